The maximum atomic E-state index is 10.6. The van der Waals surface area contributed by atoms with Gasteiger partial charge in [0.05, 0.1) is 5.56 Å². The minimum absolute atomic E-state index is 0.308. The van der Waals surface area contributed by atoms with Crippen LogP contribution >= 0.6 is 11.6 Å². The van der Waals surface area contributed by atoms with E-state index in [4.69, 9.17) is 11.6 Å². The molecule has 1 aliphatic heterocycles. The van der Waals surface area contributed by atoms with E-state index < -0.39 is 0 Å². The minimum Gasteiger partial charge on any atom is -0.356 e. The van der Waals surface area contributed by atoms with E-state index in [2.05, 4.69) is 9.88 Å². The maximum absolute atomic E-state index is 10.6. The summed E-state index contributed by atoms with van der Waals surface area (Å²) in [6, 6.07) is 3.61. The molecule has 4 heteroatoms. The van der Waals surface area contributed by atoms with Crippen molar-refractivity contribution in [2.45, 2.75) is 6.42 Å². The van der Waals surface area contributed by atoms with Gasteiger partial charge in [0.15, 0.2) is 6.29 Å². The highest BCUT2D eigenvalue weighted by Crippen LogP contribution is 2.46. The molecule has 3 rings (SSSR count). The number of hydrogen-bond donors (Lipinski definition) is 0. The molecule has 1 aliphatic carbocycles. The Morgan fingerprint density at radius 1 is 1.40 bits per heavy atom. The minimum atomic E-state index is 0.308. The van der Waals surface area contributed by atoms with Crippen LogP contribution in [0.15, 0.2) is 12.1 Å². The van der Waals surface area contributed by atoms with Crippen molar-refractivity contribution in [1.82, 2.24) is 4.98 Å². The Morgan fingerprint density at radius 3 is 2.73 bits per heavy atom. The number of aromatic nitrogens is 1. The lowest BCUT2D eigenvalue weighted by molar-refractivity contribution is 0.112. The summed E-state index contributed by atoms with van der Waals surface area (Å²) in [5.74, 6) is 2.64. The summed E-state index contributed by atoms with van der Waals surface area (Å²) < 4.78 is 0. The molecular weight excluding hydrogens is 212 g/mol. The van der Waals surface area contributed by atoms with Gasteiger partial charge >= 0.3 is 0 Å². The summed E-state index contributed by atoms with van der Waals surface area (Å²) >= 11 is 5.89. The molecule has 2 aliphatic rings. The largest absolute Gasteiger partial charge is 0.356 e. The highest BCUT2D eigenvalue weighted by atomic mass is 35.5. The number of rotatable bonds is 2. The molecular formula is C11H11ClN2O. The quantitative estimate of drug-likeness (QED) is 0.567. The lowest BCUT2D eigenvalue weighted by Crippen LogP contribution is -2.22. The second kappa shape index (κ2) is 3.20. The van der Waals surface area contributed by atoms with Crippen molar-refractivity contribution in [1.29, 1.82) is 0 Å². The molecule has 78 valence electrons. The molecule has 2 fully saturated rings. The van der Waals surface area contributed by atoms with Crippen molar-refractivity contribution in [3.05, 3.63) is 22.8 Å². The van der Waals surface area contributed by atoms with Crippen LogP contribution in [0.25, 0.3) is 0 Å². The predicted molar refractivity (Wildman–Crippen MR) is 58.4 cm³/mol. The number of carbonyl (C=O) groups excluding carboxylic acids is 1. The standard InChI is InChI=1S/C11H11ClN2O/c12-11-7(6-15)1-2-10(13-11)14-4-8-3-9(8)5-14/h1-2,6,8-9H,3-5H2. The number of fused-ring (bicyclic) bond motifs is 1. The first-order valence-electron chi connectivity index (χ1n) is 5.14. The zero-order valence-electron chi connectivity index (χ0n) is 8.19. The first-order chi connectivity index (χ1) is 7.28. The van der Waals surface area contributed by atoms with Gasteiger partial charge in [-0.2, -0.15) is 0 Å². The van der Waals surface area contributed by atoms with Crippen LogP contribution < -0.4 is 4.90 Å². The fourth-order valence-electron chi connectivity index (χ4n) is 2.28. The third kappa shape index (κ3) is 1.51. The van der Waals surface area contributed by atoms with E-state index in [9.17, 15) is 4.79 Å². The Kier molecular flexibility index (Phi) is 1.96. The van der Waals surface area contributed by atoms with Gasteiger partial charge in [-0.05, 0) is 30.4 Å². The molecule has 0 N–H and O–H groups in total. The fourth-order valence-corrected chi connectivity index (χ4v) is 2.48. The fraction of sp³-hybridized carbons (Fsp3) is 0.455. The summed E-state index contributed by atoms with van der Waals surface area (Å²) in [4.78, 5) is 17.1. The third-order valence-electron chi connectivity index (χ3n) is 3.29. The molecule has 1 saturated carbocycles. The summed E-state index contributed by atoms with van der Waals surface area (Å²) in [7, 11) is 0. The summed E-state index contributed by atoms with van der Waals surface area (Å²) in [6.45, 7) is 2.18. The second-order valence-corrected chi connectivity index (χ2v) is 4.69. The van der Waals surface area contributed by atoms with Crippen molar-refractivity contribution < 1.29 is 4.79 Å². The third-order valence-corrected chi connectivity index (χ3v) is 3.60. The number of pyridine rings is 1. The Balaban J connectivity index is 1.86. The first-order valence-corrected chi connectivity index (χ1v) is 5.52. The molecule has 2 heterocycles. The van der Waals surface area contributed by atoms with Crippen LogP contribution in [0, 0.1) is 11.8 Å². The number of nitrogens with zero attached hydrogens (tertiary/aromatic N) is 2. The van der Waals surface area contributed by atoms with Gasteiger partial charge in [-0.15, -0.1) is 0 Å². The zero-order chi connectivity index (χ0) is 10.4. The highest BCUT2D eigenvalue weighted by molar-refractivity contribution is 6.31. The molecule has 2 unspecified atom stereocenters. The van der Waals surface area contributed by atoms with E-state index in [1.165, 1.54) is 6.42 Å². The normalized spacial score (nSPS) is 27.7. The van der Waals surface area contributed by atoms with E-state index in [0.717, 1.165) is 37.0 Å². The molecule has 1 aromatic rings. The first kappa shape index (κ1) is 9.16. The lowest BCUT2D eigenvalue weighted by Gasteiger charge is -2.19. The number of anilines is 1. The van der Waals surface area contributed by atoms with Crippen LogP contribution in [0.1, 0.15) is 16.8 Å². The number of aldehydes is 1. The van der Waals surface area contributed by atoms with Crippen molar-refractivity contribution in [2.75, 3.05) is 18.0 Å². The van der Waals surface area contributed by atoms with Gasteiger partial charge in [0.2, 0.25) is 0 Å². The Hall–Kier alpha value is -1.09. The van der Waals surface area contributed by atoms with Crippen LogP contribution in [0.5, 0.6) is 0 Å². The molecule has 2 atom stereocenters. The zero-order valence-corrected chi connectivity index (χ0v) is 8.94. The SMILES string of the molecule is O=Cc1ccc(N2CC3CC3C2)nc1Cl. The number of piperidine rings is 1. The molecule has 15 heavy (non-hydrogen) atoms. The Bertz CT molecular complexity index is 411. The van der Waals surface area contributed by atoms with Crippen molar-refractivity contribution in [3.63, 3.8) is 0 Å². The van der Waals surface area contributed by atoms with E-state index in [1.807, 2.05) is 6.07 Å². The van der Waals surface area contributed by atoms with Gasteiger partial charge < -0.3 is 4.90 Å². The summed E-state index contributed by atoms with van der Waals surface area (Å²) in [5.41, 5.74) is 0.463. The maximum Gasteiger partial charge on any atom is 0.153 e. The van der Waals surface area contributed by atoms with Crippen LogP contribution in [0.4, 0.5) is 5.82 Å². The average molecular weight is 223 g/mol. The Labute approximate surface area is 93.1 Å². The van der Waals surface area contributed by atoms with Crippen LogP contribution in [0.3, 0.4) is 0 Å². The van der Waals surface area contributed by atoms with Gasteiger partial charge in [-0.1, -0.05) is 11.6 Å². The summed E-state index contributed by atoms with van der Waals surface area (Å²) in [6.07, 6.45) is 2.11. The Morgan fingerprint density at radius 2 is 2.13 bits per heavy atom. The molecule has 0 radical (unpaired) electrons. The number of halogens is 1. The molecule has 3 nitrogen and oxygen atoms in total. The number of hydrogen-bond acceptors (Lipinski definition) is 3. The van der Waals surface area contributed by atoms with Gasteiger partial charge in [0.25, 0.3) is 0 Å². The van der Waals surface area contributed by atoms with Crippen LogP contribution in [-0.2, 0) is 0 Å². The van der Waals surface area contributed by atoms with E-state index in [0.29, 0.717) is 10.7 Å². The monoisotopic (exact) mass is 222 g/mol. The van der Waals surface area contributed by atoms with Crippen molar-refractivity contribution in [2.24, 2.45) is 11.8 Å². The molecule has 0 spiro atoms. The van der Waals surface area contributed by atoms with Crippen molar-refractivity contribution in [3.8, 4) is 0 Å². The summed E-state index contributed by atoms with van der Waals surface area (Å²) in [5, 5.41) is 0.308. The van der Waals surface area contributed by atoms with Gasteiger partial charge in [-0.25, -0.2) is 4.98 Å². The topological polar surface area (TPSA) is 33.2 Å². The van der Waals surface area contributed by atoms with E-state index in [-0.39, 0.29) is 0 Å². The highest BCUT2D eigenvalue weighted by Gasteiger charge is 2.45. The lowest BCUT2D eigenvalue weighted by atomic mass is 10.3. The predicted octanol–water partition coefficient (Wildman–Crippen LogP) is 2.00. The second-order valence-electron chi connectivity index (χ2n) is 4.33. The van der Waals surface area contributed by atoms with Gasteiger partial charge in [0.1, 0.15) is 11.0 Å². The van der Waals surface area contributed by atoms with Gasteiger partial charge in [-0.3, -0.25) is 4.79 Å². The van der Waals surface area contributed by atoms with Crippen LogP contribution in [-0.4, -0.2) is 24.4 Å². The van der Waals surface area contributed by atoms with E-state index in [1.54, 1.807) is 6.07 Å². The molecule has 0 bridgehead atoms. The average Bonchev–Trinajstić information content (AvgIpc) is 2.86. The molecule has 1 saturated heterocycles. The molecule has 0 amide bonds. The smallest absolute Gasteiger partial charge is 0.153 e. The van der Waals surface area contributed by atoms with E-state index >= 15 is 0 Å². The van der Waals surface area contributed by atoms with Crippen LogP contribution in [0.2, 0.25) is 5.15 Å². The van der Waals surface area contributed by atoms with Crippen molar-refractivity contribution >= 4 is 23.7 Å². The number of carbonyl (C=O) groups is 1. The van der Waals surface area contributed by atoms with Gasteiger partial charge in [0, 0.05) is 13.1 Å². The molecule has 0 aromatic carbocycles. The molecule has 1 aromatic heterocycles.